The van der Waals surface area contributed by atoms with E-state index in [-0.39, 0.29) is 23.1 Å². The van der Waals surface area contributed by atoms with Crippen molar-refractivity contribution in [1.82, 2.24) is 10.2 Å². The van der Waals surface area contributed by atoms with Crippen LogP contribution in [0.2, 0.25) is 0 Å². The van der Waals surface area contributed by atoms with Crippen LogP contribution in [0.5, 0.6) is 0 Å². The number of carbonyl (C=O) groups is 2. The van der Waals surface area contributed by atoms with Crippen molar-refractivity contribution in [2.45, 2.75) is 32.6 Å². The highest BCUT2D eigenvalue weighted by Gasteiger charge is 2.41. The Morgan fingerprint density at radius 1 is 1.47 bits per heavy atom. The summed E-state index contributed by atoms with van der Waals surface area (Å²) < 4.78 is 5.06. The first-order valence-corrected chi connectivity index (χ1v) is 7.08. The molecular weight excluding hydrogens is 244 g/mol. The number of amides is 2. The van der Waals surface area contributed by atoms with E-state index in [1.54, 1.807) is 7.11 Å². The van der Waals surface area contributed by atoms with Gasteiger partial charge in [-0.15, -0.1) is 0 Å². The molecule has 5 heteroatoms. The summed E-state index contributed by atoms with van der Waals surface area (Å²) in [6.07, 6.45) is 3.07. The number of methoxy groups -OCH3 is 1. The van der Waals surface area contributed by atoms with Crippen LogP contribution in [0.4, 0.5) is 0 Å². The molecule has 1 unspecified atom stereocenters. The van der Waals surface area contributed by atoms with Crippen LogP contribution in [0.3, 0.4) is 0 Å². The summed E-state index contributed by atoms with van der Waals surface area (Å²) in [7, 11) is 1.66. The third kappa shape index (κ3) is 3.47. The minimum atomic E-state index is 0.117. The lowest BCUT2D eigenvalue weighted by molar-refractivity contribution is -0.134. The Morgan fingerprint density at radius 3 is 2.68 bits per heavy atom. The molecule has 0 bridgehead atoms. The first-order valence-electron chi connectivity index (χ1n) is 7.08. The number of likely N-dealkylation sites (tertiary alicyclic amines) is 1. The third-order valence-electron chi connectivity index (χ3n) is 4.35. The van der Waals surface area contributed by atoms with Crippen molar-refractivity contribution in [3.63, 3.8) is 0 Å². The number of nitrogens with zero attached hydrogens (tertiary/aromatic N) is 1. The predicted octanol–water partition coefficient (Wildman–Crippen LogP) is 0.788. The van der Waals surface area contributed by atoms with Gasteiger partial charge in [-0.2, -0.15) is 0 Å². The van der Waals surface area contributed by atoms with Crippen LogP contribution in [-0.4, -0.2) is 50.1 Å². The molecule has 108 valence electrons. The van der Waals surface area contributed by atoms with E-state index >= 15 is 0 Å². The van der Waals surface area contributed by atoms with E-state index in [4.69, 9.17) is 4.74 Å². The largest absolute Gasteiger partial charge is 0.384 e. The quantitative estimate of drug-likeness (QED) is 0.820. The highest BCUT2D eigenvalue weighted by atomic mass is 16.5. The molecule has 2 fully saturated rings. The lowest BCUT2D eigenvalue weighted by Crippen LogP contribution is -2.44. The molecule has 5 nitrogen and oxygen atoms in total. The maximum atomic E-state index is 12.1. The van der Waals surface area contributed by atoms with Crippen molar-refractivity contribution in [2.24, 2.45) is 11.3 Å². The molecule has 2 rings (SSSR count). The van der Waals surface area contributed by atoms with Crippen molar-refractivity contribution >= 4 is 11.8 Å². The fourth-order valence-corrected chi connectivity index (χ4v) is 3.11. The maximum Gasteiger partial charge on any atom is 0.222 e. The average Bonchev–Trinajstić information content (AvgIpc) is 2.71. The van der Waals surface area contributed by atoms with Crippen molar-refractivity contribution in [3.8, 4) is 0 Å². The molecule has 0 aliphatic carbocycles. The van der Waals surface area contributed by atoms with Crippen molar-refractivity contribution in [3.05, 3.63) is 0 Å². The number of ether oxygens (including phenoxy) is 1. The predicted molar refractivity (Wildman–Crippen MR) is 71.5 cm³/mol. The Labute approximate surface area is 114 Å². The molecule has 1 N–H and O–H groups in total. The Hall–Kier alpha value is -1.10. The van der Waals surface area contributed by atoms with Crippen LogP contribution in [0.15, 0.2) is 0 Å². The normalized spacial score (nSPS) is 23.5. The average molecular weight is 268 g/mol. The molecule has 0 aromatic rings. The number of carbonyl (C=O) groups excluding carboxylic acids is 2. The van der Waals surface area contributed by atoms with Gasteiger partial charge in [0.1, 0.15) is 0 Å². The van der Waals surface area contributed by atoms with Gasteiger partial charge in [-0.25, -0.2) is 0 Å². The molecule has 2 saturated heterocycles. The number of hydrogen-bond donors (Lipinski definition) is 1. The molecule has 0 saturated carbocycles. The standard InChI is InChI=1S/C14H24N2O3/c1-11(9-19-2)7-13(18)16-5-3-14(4-6-16)8-12(17)15-10-14/h11H,3-10H2,1-2H3,(H,15,17). The van der Waals surface area contributed by atoms with Gasteiger partial charge in [-0.05, 0) is 24.2 Å². The van der Waals surface area contributed by atoms with Crippen LogP contribution < -0.4 is 5.32 Å². The van der Waals surface area contributed by atoms with Gasteiger partial charge in [0.2, 0.25) is 11.8 Å². The fourth-order valence-electron chi connectivity index (χ4n) is 3.11. The summed E-state index contributed by atoms with van der Waals surface area (Å²) in [4.78, 5) is 25.4. The SMILES string of the molecule is COCC(C)CC(=O)N1CCC2(CC1)CNC(=O)C2. The van der Waals surface area contributed by atoms with Gasteiger partial charge in [-0.1, -0.05) is 6.92 Å². The number of nitrogens with one attached hydrogen (secondary N) is 1. The third-order valence-corrected chi connectivity index (χ3v) is 4.35. The zero-order valence-electron chi connectivity index (χ0n) is 11.9. The Balaban J connectivity index is 1.79. The van der Waals surface area contributed by atoms with Crippen molar-refractivity contribution < 1.29 is 14.3 Å². The second-order valence-corrected chi connectivity index (χ2v) is 6.10. The first-order chi connectivity index (χ1) is 9.04. The van der Waals surface area contributed by atoms with Gasteiger partial charge in [0.05, 0.1) is 0 Å². The maximum absolute atomic E-state index is 12.1. The lowest BCUT2D eigenvalue weighted by atomic mass is 9.77. The summed E-state index contributed by atoms with van der Waals surface area (Å²) in [6.45, 7) is 5.02. The van der Waals surface area contributed by atoms with Gasteiger partial charge in [0.15, 0.2) is 0 Å². The Bertz CT molecular complexity index is 349. The Morgan fingerprint density at radius 2 is 2.16 bits per heavy atom. The van der Waals surface area contributed by atoms with Crippen LogP contribution in [0.1, 0.15) is 32.6 Å². The highest BCUT2D eigenvalue weighted by Crippen LogP contribution is 2.37. The molecule has 1 atom stereocenters. The number of rotatable bonds is 4. The van der Waals surface area contributed by atoms with Crippen molar-refractivity contribution in [2.75, 3.05) is 33.4 Å². The van der Waals surface area contributed by atoms with Crippen LogP contribution in [0.25, 0.3) is 0 Å². The van der Waals surface area contributed by atoms with Gasteiger partial charge >= 0.3 is 0 Å². The summed E-state index contributed by atoms with van der Waals surface area (Å²) in [5.41, 5.74) is 0.117. The van der Waals surface area contributed by atoms with E-state index in [9.17, 15) is 9.59 Å². The minimum absolute atomic E-state index is 0.117. The number of piperidine rings is 1. The van der Waals surface area contributed by atoms with E-state index in [1.807, 2.05) is 11.8 Å². The molecule has 1 spiro atoms. The second-order valence-electron chi connectivity index (χ2n) is 6.10. The Kier molecular flexibility index (Phi) is 4.45. The van der Waals surface area contributed by atoms with Crippen LogP contribution in [-0.2, 0) is 14.3 Å². The van der Waals surface area contributed by atoms with E-state index in [0.717, 1.165) is 32.5 Å². The van der Waals surface area contributed by atoms with Gasteiger partial charge in [0.25, 0.3) is 0 Å². The molecular formula is C14H24N2O3. The monoisotopic (exact) mass is 268 g/mol. The second kappa shape index (κ2) is 5.90. The molecule has 0 aromatic carbocycles. The summed E-state index contributed by atoms with van der Waals surface area (Å²) in [5, 5.41) is 2.91. The zero-order valence-corrected chi connectivity index (χ0v) is 11.9. The smallest absolute Gasteiger partial charge is 0.222 e. The fraction of sp³-hybridized carbons (Fsp3) is 0.857. The van der Waals surface area contributed by atoms with Crippen LogP contribution >= 0.6 is 0 Å². The highest BCUT2D eigenvalue weighted by molar-refractivity contribution is 5.79. The first kappa shape index (κ1) is 14.3. The van der Waals surface area contributed by atoms with Gasteiger partial charge in [-0.3, -0.25) is 9.59 Å². The molecule has 2 aliphatic rings. The van der Waals surface area contributed by atoms with E-state index in [1.165, 1.54) is 0 Å². The van der Waals surface area contributed by atoms with Crippen LogP contribution in [0, 0.1) is 11.3 Å². The molecule has 0 aromatic heterocycles. The minimum Gasteiger partial charge on any atom is -0.384 e. The number of hydrogen-bond acceptors (Lipinski definition) is 3. The molecule has 2 amide bonds. The van der Waals surface area contributed by atoms with E-state index in [2.05, 4.69) is 5.32 Å². The molecule has 2 aliphatic heterocycles. The van der Waals surface area contributed by atoms with Gasteiger partial charge in [0, 0.05) is 46.2 Å². The lowest BCUT2D eigenvalue weighted by Gasteiger charge is -2.38. The van der Waals surface area contributed by atoms with Crippen molar-refractivity contribution in [1.29, 1.82) is 0 Å². The molecule has 0 radical (unpaired) electrons. The summed E-state index contributed by atoms with van der Waals surface area (Å²) in [5.74, 6) is 0.647. The van der Waals surface area contributed by atoms with E-state index < -0.39 is 0 Å². The molecule has 2 heterocycles. The molecule has 19 heavy (non-hydrogen) atoms. The van der Waals surface area contributed by atoms with Gasteiger partial charge < -0.3 is 15.0 Å². The summed E-state index contributed by atoms with van der Waals surface area (Å²) >= 11 is 0. The van der Waals surface area contributed by atoms with E-state index in [0.29, 0.717) is 19.4 Å². The summed E-state index contributed by atoms with van der Waals surface area (Å²) in [6, 6.07) is 0. The topological polar surface area (TPSA) is 58.6 Å². The zero-order chi connectivity index (χ0) is 13.9.